The summed E-state index contributed by atoms with van der Waals surface area (Å²) in [5, 5.41) is 6.29. The third-order valence-corrected chi connectivity index (χ3v) is 6.10. The fourth-order valence-electron chi connectivity index (χ4n) is 4.36. The minimum atomic E-state index is -0.369. The number of fused-ring (bicyclic) bond motifs is 1. The number of benzene rings is 1. The molecule has 0 saturated carbocycles. The van der Waals surface area contributed by atoms with Crippen molar-refractivity contribution in [3.05, 3.63) is 59.8 Å². The third-order valence-electron chi connectivity index (χ3n) is 6.10. The highest BCUT2D eigenvalue weighted by Gasteiger charge is 2.24. The lowest BCUT2D eigenvalue weighted by atomic mass is 10.1. The van der Waals surface area contributed by atoms with Gasteiger partial charge >= 0.3 is 0 Å². The van der Waals surface area contributed by atoms with E-state index in [-0.39, 0.29) is 11.7 Å². The summed E-state index contributed by atoms with van der Waals surface area (Å²) in [6, 6.07) is 7.71. The molecule has 3 aromatic rings. The fourth-order valence-corrected chi connectivity index (χ4v) is 4.36. The lowest BCUT2D eigenvalue weighted by molar-refractivity contribution is 0.101. The molecule has 0 bridgehead atoms. The van der Waals surface area contributed by atoms with Crippen LogP contribution in [0, 0.1) is 0 Å². The van der Waals surface area contributed by atoms with E-state index in [4.69, 9.17) is 9.47 Å². The second-order valence-corrected chi connectivity index (χ2v) is 8.15. The first kappa shape index (κ1) is 21.9. The van der Waals surface area contributed by atoms with Gasteiger partial charge in [0.05, 0.1) is 31.8 Å². The highest BCUT2D eigenvalue weighted by molar-refractivity contribution is 6.03. The predicted octanol–water partition coefficient (Wildman–Crippen LogP) is 2.07. The average molecular weight is 462 g/mol. The molecular weight excluding hydrogens is 434 g/mol. The first-order valence-corrected chi connectivity index (χ1v) is 11.2. The number of nitrogens with one attached hydrogen (secondary N) is 2. The Bertz CT molecular complexity index is 1160. The predicted molar refractivity (Wildman–Crippen MR) is 129 cm³/mol. The molecule has 0 unspecified atom stereocenters. The van der Waals surface area contributed by atoms with Gasteiger partial charge in [0, 0.05) is 51.7 Å². The highest BCUT2D eigenvalue weighted by atomic mass is 16.5. The average Bonchev–Trinajstić information content (AvgIpc) is 3.32. The Hall–Kier alpha value is -3.92. The van der Waals surface area contributed by atoms with E-state index in [1.54, 1.807) is 32.8 Å². The maximum atomic E-state index is 13.1. The van der Waals surface area contributed by atoms with Crippen LogP contribution in [0.25, 0.3) is 0 Å². The molecule has 34 heavy (non-hydrogen) atoms. The van der Waals surface area contributed by atoms with Crippen LogP contribution in [0.3, 0.4) is 0 Å². The zero-order valence-corrected chi connectivity index (χ0v) is 19.2. The summed E-state index contributed by atoms with van der Waals surface area (Å²) in [5.41, 5.74) is 3.87. The van der Waals surface area contributed by atoms with E-state index in [0.717, 1.165) is 43.0 Å². The summed E-state index contributed by atoms with van der Waals surface area (Å²) in [6.45, 7) is 4.84. The molecule has 0 atom stereocenters. The first-order valence-electron chi connectivity index (χ1n) is 11.2. The Balaban J connectivity index is 1.33. The van der Waals surface area contributed by atoms with Gasteiger partial charge in [-0.15, -0.1) is 0 Å². The van der Waals surface area contributed by atoms with Crippen molar-refractivity contribution in [2.75, 3.05) is 55.5 Å². The molecule has 2 aromatic heterocycles. The van der Waals surface area contributed by atoms with Crippen LogP contribution in [0.2, 0.25) is 0 Å². The lowest BCUT2D eigenvalue weighted by Gasteiger charge is -2.30. The van der Waals surface area contributed by atoms with Gasteiger partial charge in [-0.1, -0.05) is 0 Å². The quantitative estimate of drug-likeness (QED) is 0.571. The molecule has 10 nitrogen and oxygen atoms in total. The summed E-state index contributed by atoms with van der Waals surface area (Å²) in [7, 11) is 3.25. The number of hydrogen-bond donors (Lipinski definition) is 2. The van der Waals surface area contributed by atoms with Crippen LogP contribution in [-0.2, 0) is 13.1 Å². The molecule has 10 heteroatoms. The molecule has 1 fully saturated rings. The monoisotopic (exact) mass is 461 g/mol. The van der Waals surface area contributed by atoms with Crippen molar-refractivity contribution in [3.8, 4) is 11.5 Å². The number of nitrogens with zero attached hydrogens (tertiary/aromatic N) is 5. The summed E-state index contributed by atoms with van der Waals surface area (Å²) in [5.74, 6) is 1.82. The smallest absolute Gasteiger partial charge is 0.293 e. The minimum Gasteiger partial charge on any atom is -0.493 e. The van der Waals surface area contributed by atoms with E-state index in [2.05, 4.69) is 35.4 Å². The van der Waals surface area contributed by atoms with Crippen LogP contribution < -0.4 is 29.9 Å². The number of anilines is 3. The van der Waals surface area contributed by atoms with Crippen LogP contribution in [0.15, 0.2) is 42.9 Å². The van der Waals surface area contributed by atoms with Crippen molar-refractivity contribution in [2.24, 2.45) is 0 Å². The molecule has 0 aliphatic carbocycles. The fraction of sp³-hybridized carbons (Fsp3) is 0.333. The van der Waals surface area contributed by atoms with Gasteiger partial charge in [0.2, 0.25) is 5.82 Å². The Labute approximate surface area is 197 Å². The Morgan fingerprint density at radius 2 is 1.71 bits per heavy atom. The number of carbonyl (C=O) groups excluding carboxylic acids is 1. The second-order valence-electron chi connectivity index (χ2n) is 8.15. The molecule has 0 radical (unpaired) electrons. The molecule has 1 aromatic carbocycles. The Morgan fingerprint density at radius 1 is 1.00 bits per heavy atom. The molecule has 5 rings (SSSR count). The SMILES string of the molecule is COc1cc2c(cc1OC)CN(c1ccnc(C(=O)Nc3cnccc3N3CCNCC3)n1)C2. The largest absolute Gasteiger partial charge is 0.493 e. The van der Waals surface area contributed by atoms with E-state index in [9.17, 15) is 4.79 Å². The van der Waals surface area contributed by atoms with Crippen LogP contribution >= 0.6 is 0 Å². The molecule has 1 amide bonds. The number of amides is 1. The molecular formula is C24H27N7O3. The van der Waals surface area contributed by atoms with E-state index in [0.29, 0.717) is 36.1 Å². The normalized spacial score (nSPS) is 15.1. The van der Waals surface area contributed by atoms with Crippen molar-refractivity contribution < 1.29 is 14.3 Å². The number of hydrogen-bond acceptors (Lipinski definition) is 9. The maximum Gasteiger partial charge on any atom is 0.293 e. The Morgan fingerprint density at radius 3 is 2.38 bits per heavy atom. The zero-order chi connectivity index (χ0) is 23.5. The van der Waals surface area contributed by atoms with E-state index >= 15 is 0 Å². The molecule has 0 spiro atoms. The van der Waals surface area contributed by atoms with Crippen molar-refractivity contribution in [2.45, 2.75) is 13.1 Å². The van der Waals surface area contributed by atoms with Gasteiger partial charge in [0.25, 0.3) is 5.91 Å². The zero-order valence-electron chi connectivity index (χ0n) is 19.2. The van der Waals surface area contributed by atoms with Crippen molar-refractivity contribution >= 4 is 23.1 Å². The molecule has 2 N–H and O–H groups in total. The van der Waals surface area contributed by atoms with E-state index in [1.807, 2.05) is 24.3 Å². The molecule has 4 heterocycles. The van der Waals surface area contributed by atoms with Crippen molar-refractivity contribution in [1.29, 1.82) is 0 Å². The maximum absolute atomic E-state index is 13.1. The third kappa shape index (κ3) is 4.32. The number of ether oxygens (including phenoxy) is 2. The van der Waals surface area contributed by atoms with Gasteiger partial charge in [-0.05, 0) is 35.4 Å². The number of aromatic nitrogens is 3. The van der Waals surface area contributed by atoms with Gasteiger partial charge in [-0.2, -0.15) is 0 Å². The molecule has 2 aliphatic heterocycles. The standard InChI is InChI=1S/C24H27N7O3/c1-33-20-11-16-14-31(15-17(16)12-21(20)34-2)22-4-6-27-23(29-22)24(32)28-18-13-26-5-3-19(18)30-9-7-25-8-10-30/h3-6,11-13,25H,7-10,14-15H2,1-2H3,(H,28,32). The van der Waals surface area contributed by atoms with Gasteiger partial charge in [-0.3, -0.25) is 9.78 Å². The van der Waals surface area contributed by atoms with Gasteiger partial charge in [0.15, 0.2) is 11.5 Å². The topological polar surface area (TPSA) is 105 Å². The highest BCUT2D eigenvalue weighted by Crippen LogP contribution is 2.36. The minimum absolute atomic E-state index is 0.110. The summed E-state index contributed by atoms with van der Waals surface area (Å²) in [4.78, 5) is 30.4. The Kier molecular flexibility index (Phi) is 6.13. The van der Waals surface area contributed by atoms with E-state index < -0.39 is 0 Å². The summed E-state index contributed by atoms with van der Waals surface area (Å²) >= 11 is 0. The summed E-state index contributed by atoms with van der Waals surface area (Å²) < 4.78 is 10.9. The molecule has 2 aliphatic rings. The van der Waals surface area contributed by atoms with Crippen molar-refractivity contribution in [3.63, 3.8) is 0 Å². The number of pyridine rings is 1. The summed E-state index contributed by atoms with van der Waals surface area (Å²) in [6.07, 6.45) is 5.01. The number of carbonyl (C=O) groups is 1. The van der Waals surface area contributed by atoms with Gasteiger partial charge in [-0.25, -0.2) is 9.97 Å². The van der Waals surface area contributed by atoms with E-state index in [1.165, 1.54) is 0 Å². The lowest BCUT2D eigenvalue weighted by Crippen LogP contribution is -2.43. The molecule has 176 valence electrons. The van der Waals surface area contributed by atoms with Gasteiger partial charge < -0.3 is 29.9 Å². The van der Waals surface area contributed by atoms with Crippen LogP contribution in [0.5, 0.6) is 11.5 Å². The number of methoxy groups -OCH3 is 2. The number of piperazine rings is 1. The molecule has 1 saturated heterocycles. The van der Waals surface area contributed by atoms with Crippen LogP contribution in [0.1, 0.15) is 21.7 Å². The van der Waals surface area contributed by atoms with Crippen LogP contribution in [-0.4, -0.2) is 61.3 Å². The van der Waals surface area contributed by atoms with Crippen LogP contribution in [0.4, 0.5) is 17.2 Å². The second kappa shape index (κ2) is 9.52. The number of rotatable bonds is 6. The van der Waals surface area contributed by atoms with Crippen molar-refractivity contribution in [1.82, 2.24) is 20.3 Å². The first-order chi connectivity index (χ1) is 16.7. The van der Waals surface area contributed by atoms with Gasteiger partial charge in [0.1, 0.15) is 5.82 Å².